The van der Waals surface area contributed by atoms with Crippen LogP contribution in [0.3, 0.4) is 0 Å². The zero-order valence-electron chi connectivity index (χ0n) is 7.59. The van der Waals surface area contributed by atoms with Gasteiger partial charge in [-0.3, -0.25) is 0 Å². The van der Waals surface area contributed by atoms with Crippen LogP contribution in [0.15, 0.2) is 11.6 Å². The van der Waals surface area contributed by atoms with Gasteiger partial charge in [-0.2, -0.15) is 0 Å². The first-order valence-corrected chi connectivity index (χ1v) is 8.43. The molecular weight excluding hydrogens is 201 g/mol. The monoisotopic (exact) mass is 217 g/mol. The molecule has 0 fully saturated rings. The second-order valence-electron chi connectivity index (χ2n) is 2.92. The molecule has 2 nitrogen and oxygen atoms in total. The van der Waals surface area contributed by atoms with Crippen LogP contribution in [-0.4, -0.2) is 20.6 Å². The average molecular weight is 217 g/mol. The standard InChI is InChI=1S/C8H16AsNO/c1-6(8(10)11)5-7(2)9(3)4/h5,7H,1-4H3,(H2,10,11). The molecule has 0 saturated heterocycles. The Balaban J connectivity index is 4.19. The van der Waals surface area contributed by atoms with E-state index < -0.39 is 14.7 Å². The molecule has 3 heteroatoms. The predicted octanol–water partition coefficient (Wildman–Crippen LogP) is 1.56. The van der Waals surface area contributed by atoms with Crippen molar-refractivity contribution in [1.82, 2.24) is 0 Å². The fraction of sp³-hybridized carbons (Fsp3) is 0.625. The number of rotatable bonds is 3. The third-order valence-corrected chi connectivity index (χ3v) is 5.43. The van der Waals surface area contributed by atoms with Crippen molar-refractivity contribution < 1.29 is 4.79 Å². The summed E-state index contributed by atoms with van der Waals surface area (Å²) >= 11 is -0.706. The molecule has 0 aliphatic heterocycles. The Hall–Kier alpha value is -0.232. The molecule has 0 saturated carbocycles. The molecule has 0 aromatic heterocycles. The zero-order valence-corrected chi connectivity index (χ0v) is 9.46. The molecule has 0 aliphatic rings. The van der Waals surface area contributed by atoms with Crippen LogP contribution >= 0.6 is 0 Å². The Bertz CT molecular complexity index is 175. The van der Waals surface area contributed by atoms with Gasteiger partial charge in [0, 0.05) is 0 Å². The Morgan fingerprint density at radius 3 is 2.27 bits per heavy atom. The Morgan fingerprint density at radius 1 is 1.55 bits per heavy atom. The first-order chi connectivity index (χ1) is 4.95. The van der Waals surface area contributed by atoms with Gasteiger partial charge in [-0.05, 0) is 0 Å². The van der Waals surface area contributed by atoms with E-state index >= 15 is 0 Å². The molecule has 0 rings (SSSR count). The fourth-order valence-electron chi connectivity index (χ4n) is 0.593. The molecule has 0 radical (unpaired) electrons. The van der Waals surface area contributed by atoms with Gasteiger partial charge in [0.05, 0.1) is 0 Å². The third kappa shape index (κ3) is 4.26. The van der Waals surface area contributed by atoms with Crippen molar-refractivity contribution in [2.45, 2.75) is 30.0 Å². The molecule has 0 spiro atoms. The van der Waals surface area contributed by atoms with E-state index in [9.17, 15) is 4.79 Å². The van der Waals surface area contributed by atoms with Crippen molar-refractivity contribution in [3.05, 3.63) is 11.6 Å². The zero-order chi connectivity index (χ0) is 9.02. The molecule has 2 N–H and O–H groups in total. The Labute approximate surface area is 73.1 Å². The number of primary amides is 1. The summed E-state index contributed by atoms with van der Waals surface area (Å²) in [4.78, 5) is 10.6. The maximum atomic E-state index is 10.6. The third-order valence-electron chi connectivity index (χ3n) is 1.69. The van der Waals surface area contributed by atoms with E-state index in [0.29, 0.717) is 10.3 Å². The number of hydrogen-bond acceptors (Lipinski definition) is 1. The minimum atomic E-state index is -0.706. The minimum absolute atomic E-state index is 0.298. The summed E-state index contributed by atoms with van der Waals surface area (Å²) in [5.41, 5.74) is 10.3. The van der Waals surface area contributed by atoms with Gasteiger partial charge in [-0.25, -0.2) is 0 Å². The van der Waals surface area contributed by atoms with Crippen molar-refractivity contribution in [2.75, 3.05) is 0 Å². The first-order valence-electron chi connectivity index (χ1n) is 3.59. The molecule has 0 aliphatic carbocycles. The van der Waals surface area contributed by atoms with Gasteiger partial charge in [0.25, 0.3) is 0 Å². The van der Waals surface area contributed by atoms with Crippen molar-refractivity contribution in [3.8, 4) is 0 Å². The van der Waals surface area contributed by atoms with E-state index in [2.05, 4.69) is 18.3 Å². The summed E-state index contributed by atoms with van der Waals surface area (Å²) in [5.74, 6) is -0.298. The van der Waals surface area contributed by atoms with E-state index in [-0.39, 0.29) is 5.91 Å². The van der Waals surface area contributed by atoms with E-state index in [1.807, 2.05) is 6.08 Å². The van der Waals surface area contributed by atoms with Crippen molar-refractivity contribution in [2.24, 2.45) is 5.73 Å². The van der Waals surface area contributed by atoms with Crippen molar-refractivity contribution in [1.29, 1.82) is 0 Å². The van der Waals surface area contributed by atoms with E-state index in [4.69, 9.17) is 5.73 Å². The molecule has 1 atom stereocenters. The number of amides is 1. The molecule has 64 valence electrons. The molecule has 11 heavy (non-hydrogen) atoms. The van der Waals surface area contributed by atoms with Gasteiger partial charge < -0.3 is 0 Å². The Morgan fingerprint density at radius 2 is 2.00 bits per heavy atom. The van der Waals surface area contributed by atoms with Crippen LogP contribution in [0.2, 0.25) is 16.1 Å². The van der Waals surface area contributed by atoms with E-state index in [1.54, 1.807) is 6.92 Å². The number of allylic oxidation sites excluding steroid dienone is 1. The molecule has 1 unspecified atom stereocenters. The van der Waals surface area contributed by atoms with Gasteiger partial charge >= 0.3 is 72.7 Å². The van der Waals surface area contributed by atoms with Crippen molar-refractivity contribution in [3.63, 3.8) is 0 Å². The summed E-state index contributed by atoms with van der Waals surface area (Å²) in [6.45, 7) is 3.92. The summed E-state index contributed by atoms with van der Waals surface area (Å²) in [6.07, 6.45) is 1.99. The Kier molecular flexibility index (Phi) is 4.51. The van der Waals surface area contributed by atoms with Crippen LogP contribution in [0.5, 0.6) is 0 Å². The normalized spacial score (nSPS) is 15.2. The van der Waals surface area contributed by atoms with E-state index in [0.717, 1.165) is 0 Å². The maximum absolute atomic E-state index is 10.6. The molecule has 0 bridgehead atoms. The van der Waals surface area contributed by atoms with E-state index in [1.165, 1.54) is 0 Å². The number of carbonyl (C=O) groups is 1. The molecule has 1 amide bonds. The second kappa shape index (κ2) is 4.61. The molecule has 0 heterocycles. The quantitative estimate of drug-likeness (QED) is 0.565. The summed E-state index contributed by atoms with van der Waals surface area (Å²) < 4.78 is 0.565. The van der Waals surface area contributed by atoms with Gasteiger partial charge in [0.15, 0.2) is 0 Å². The van der Waals surface area contributed by atoms with Crippen LogP contribution in [0, 0.1) is 0 Å². The van der Waals surface area contributed by atoms with Gasteiger partial charge in [-0.15, -0.1) is 0 Å². The predicted molar refractivity (Wildman–Crippen MR) is 49.9 cm³/mol. The van der Waals surface area contributed by atoms with Crippen LogP contribution in [0.1, 0.15) is 13.8 Å². The van der Waals surface area contributed by atoms with Crippen LogP contribution in [0.4, 0.5) is 0 Å². The summed E-state index contributed by atoms with van der Waals surface area (Å²) in [7, 11) is 0. The van der Waals surface area contributed by atoms with Crippen LogP contribution < -0.4 is 5.73 Å². The average Bonchev–Trinajstić information content (AvgIpc) is 1.87. The van der Waals surface area contributed by atoms with Gasteiger partial charge in [0.2, 0.25) is 0 Å². The SMILES string of the molecule is CC(=CC(C)[As](C)C)C(N)=O. The fourth-order valence-corrected chi connectivity index (χ4v) is 1.69. The first kappa shape index (κ1) is 10.8. The molecule has 0 aromatic rings. The van der Waals surface area contributed by atoms with Crippen molar-refractivity contribution >= 4 is 20.6 Å². The van der Waals surface area contributed by atoms with Crippen LogP contribution in [-0.2, 0) is 4.79 Å². The number of hydrogen-bond donors (Lipinski definition) is 1. The molecule has 0 aromatic carbocycles. The topological polar surface area (TPSA) is 43.1 Å². The van der Waals surface area contributed by atoms with Crippen LogP contribution in [0.25, 0.3) is 0 Å². The summed E-state index contributed by atoms with van der Waals surface area (Å²) in [5, 5.41) is 0. The van der Waals surface area contributed by atoms with Gasteiger partial charge in [-0.1, -0.05) is 0 Å². The van der Waals surface area contributed by atoms with Gasteiger partial charge in [0.1, 0.15) is 0 Å². The summed E-state index contributed by atoms with van der Waals surface area (Å²) in [6, 6.07) is 0. The number of carbonyl (C=O) groups excluding carboxylic acids is 1. The second-order valence-corrected chi connectivity index (χ2v) is 8.67. The molecular formula is C8H16AsNO. The number of nitrogens with two attached hydrogens (primary N) is 1.